The minimum atomic E-state index is -0.733. The van der Waals surface area contributed by atoms with Gasteiger partial charge in [0.15, 0.2) is 5.58 Å². The lowest BCUT2D eigenvalue weighted by atomic mass is 9.98. The predicted octanol–water partition coefficient (Wildman–Crippen LogP) is 6.43. The number of pyridine rings is 1. The van der Waals surface area contributed by atoms with Crippen LogP contribution in [0.2, 0.25) is 0 Å². The van der Waals surface area contributed by atoms with Crippen LogP contribution in [0.3, 0.4) is 0 Å². The number of methoxy groups -OCH3 is 3. The Balaban J connectivity index is 1.91. The molecule has 0 amide bonds. The van der Waals surface area contributed by atoms with Gasteiger partial charge in [-0.15, -0.1) is 0 Å². The van der Waals surface area contributed by atoms with E-state index in [9.17, 15) is 9.59 Å². The fourth-order valence-corrected chi connectivity index (χ4v) is 5.06. The summed E-state index contributed by atoms with van der Waals surface area (Å²) in [6.07, 6.45) is 0. The predicted molar refractivity (Wildman–Crippen MR) is 152 cm³/mol. The summed E-state index contributed by atoms with van der Waals surface area (Å²) in [7, 11) is 4.70. The number of fused-ring (bicyclic) bond motifs is 3. The summed E-state index contributed by atoms with van der Waals surface area (Å²) < 4.78 is 30.4. The summed E-state index contributed by atoms with van der Waals surface area (Å²) in [6.45, 7) is 1.89. The molecule has 0 fully saturated rings. The van der Waals surface area contributed by atoms with Gasteiger partial charge in [0.2, 0.25) is 0 Å². The van der Waals surface area contributed by atoms with Crippen LogP contribution >= 0.6 is 15.9 Å². The second kappa shape index (κ2) is 10.9. The van der Waals surface area contributed by atoms with Crippen molar-refractivity contribution < 1.29 is 28.2 Å². The van der Waals surface area contributed by atoms with Crippen LogP contribution in [0.1, 0.15) is 22.8 Å². The molecule has 0 spiro atoms. The number of aromatic nitrogens is 1. The summed E-state index contributed by atoms with van der Waals surface area (Å²) in [5.41, 5.74) is 2.53. The van der Waals surface area contributed by atoms with Crippen LogP contribution in [0.5, 0.6) is 17.2 Å². The molecule has 0 radical (unpaired) electrons. The minimum Gasteiger partial charge on any atom is -0.497 e. The molecule has 200 valence electrons. The first-order valence-corrected chi connectivity index (χ1v) is 13.0. The van der Waals surface area contributed by atoms with E-state index < -0.39 is 11.5 Å². The molecule has 0 unspecified atom stereocenters. The maximum absolute atomic E-state index is 14.3. The zero-order chi connectivity index (χ0) is 27.7. The van der Waals surface area contributed by atoms with E-state index in [1.807, 2.05) is 18.2 Å². The highest BCUT2D eigenvalue weighted by Crippen LogP contribution is 2.39. The van der Waals surface area contributed by atoms with Gasteiger partial charge in [0.25, 0.3) is 5.56 Å². The number of halogens is 1. The van der Waals surface area contributed by atoms with Crippen molar-refractivity contribution in [2.45, 2.75) is 13.5 Å². The molecule has 2 aromatic heterocycles. The molecular formula is C30H26BrNO7. The third kappa shape index (κ3) is 4.74. The van der Waals surface area contributed by atoms with Crippen LogP contribution in [-0.2, 0) is 11.3 Å². The highest BCUT2D eigenvalue weighted by atomic mass is 79.9. The van der Waals surface area contributed by atoms with E-state index in [4.69, 9.17) is 23.4 Å². The number of rotatable bonds is 8. The van der Waals surface area contributed by atoms with Gasteiger partial charge in [0.1, 0.15) is 28.4 Å². The molecule has 39 heavy (non-hydrogen) atoms. The maximum atomic E-state index is 14.3. The number of hydrogen-bond acceptors (Lipinski definition) is 7. The Hall–Kier alpha value is -4.24. The first-order chi connectivity index (χ1) is 18.9. The van der Waals surface area contributed by atoms with Gasteiger partial charge in [-0.1, -0.05) is 28.1 Å². The highest BCUT2D eigenvalue weighted by Gasteiger charge is 2.29. The Bertz CT molecular complexity index is 1750. The summed E-state index contributed by atoms with van der Waals surface area (Å²) in [4.78, 5) is 27.7. The van der Waals surface area contributed by atoms with E-state index in [2.05, 4.69) is 15.9 Å². The normalized spacial score (nSPS) is 11.1. The summed E-state index contributed by atoms with van der Waals surface area (Å²) in [5, 5.41) is 0.712. The Morgan fingerprint density at radius 2 is 1.64 bits per heavy atom. The van der Waals surface area contributed by atoms with E-state index in [-0.39, 0.29) is 18.7 Å². The molecule has 0 N–H and O–H groups in total. The van der Waals surface area contributed by atoms with Gasteiger partial charge in [-0.2, -0.15) is 0 Å². The standard InChI is InChI=1S/C30H26BrNO7/c1-5-38-30(34)26-25(17-6-9-20(35-2)10-7-17)28-27(22-15-19(31)8-12-24(22)39-28)32(29(26)33)16-18-14-21(36-3)11-13-23(18)37-4/h6-15H,5,16H2,1-4H3. The SMILES string of the molecule is CCOC(=O)c1c(-c2ccc(OC)cc2)c2oc3ccc(Br)cc3c2n(Cc2cc(OC)ccc2OC)c1=O. The minimum absolute atomic E-state index is 0.0894. The number of ether oxygens (including phenoxy) is 4. The molecule has 0 aliphatic rings. The first-order valence-electron chi connectivity index (χ1n) is 12.2. The number of hydrogen-bond donors (Lipinski definition) is 0. The van der Waals surface area contributed by atoms with Crippen molar-refractivity contribution in [3.05, 3.63) is 86.6 Å². The van der Waals surface area contributed by atoms with Crippen LogP contribution in [0.25, 0.3) is 33.2 Å². The fraction of sp³-hybridized carbons (Fsp3) is 0.200. The van der Waals surface area contributed by atoms with Crippen molar-refractivity contribution in [2.24, 2.45) is 0 Å². The van der Waals surface area contributed by atoms with E-state index >= 15 is 0 Å². The summed E-state index contributed by atoms with van der Waals surface area (Å²) in [6, 6.07) is 18.0. The Morgan fingerprint density at radius 1 is 0.923 bits per heavy atom. The fourth-order valence-electron chi connectivity index (χ4n) is 4.70. The molecule has 0 saturated carbocycles. The number of esters is 1. The number of nitrogens with zero attached hydrogens (tertiary/aromatic N) is 1. The summed E-state index contributed by atoms with van der Waals surface area (Å²) >= 11 is 3.54. The van der Waals surface area contributed by atoms with Gasteiger partial charge in [0.05, 0.1) is 40.0 Å². The van der Waals surface area contributed by atoms with Gasteiger partial charge in [-0.25, -0.2) is 4.79 Å². The lowest BCUT2D eigenvalue weighted by Gasteiger charge is -2.17. The lowest BCUT2D eigenvalue weighted by Crippen LogP contribution is -2.29. The van der Waals surface area contributed by atoms with E-state index in [0.717, 1.165) is 4.47 Å². The quantitative estimate of drug-likeness (QED) is 0.192. The topological polar surface area (TPSA) is 89.1 Å². The largest absolute Gasteiger partial charge is 0.497 e. The van der Waals surface area contributed by atoms with Crippen molar-refractivity contribution in [1.29, 1.82) is 0 Å². The molecule has 0 atom stereocenters. The van der Waals surface area contributed by atoms with Crippen LogP contribution in [0, 0.1) is 0 Å². The average molecular weight is 592 g/mol. The average Bonchev–Trinajstić information content (AvgIpc) is 3.32. The van der Waals surface area contributed by atoms with E-state index in [1.54, 1.807) is 70.7 Å². The van der Waals surface area contributed by atoms with Crippen molar-refractivity contribution in [3.8, 4) is 28.4 Å². The van der Waals surface area contributed by atoms with E-state index in [0.29, 0.717) is 56.0 Å². The monoisotopic (exact) mass is 591 g/mol. The van der Waals surface area contributed by atoms with Crippen molar-refractivity contribution in [3.63, 3.8) is 0 Å². The molecule has 3 aromatic carbocycles. The van der Waals surface area contributed by atoms with Crippen LogP contribution in [-0.4, -0.2) is 38.5 Å². The van der Waals surface area contributed by atoms with Gasteiger partial charge in [-0.3, -0.25) is 9.36 Å². The maximum Gasteiger partial charge on any atom is 0.344 e. The number of carbonyl (C=O) groups excluding carboxylic acids is 1. The molecule has 5 rings (SSSR count). The zero-order valence-corrected chi connectivity index (χ0v) is 23.5. The molecule has 5 aromatic rings. The zero-order valence-electron chi connectivity index (χ0n) is 21.9. The smallest absolute Gasteiger partial charge is 0.344 e. The Kier molecular flexibility index (Phi) is 7.34. The van der Waals surface area contributed by atoms with Crippen molar-refractivity contribution >= 4 is 44.0 Å². The Morgan fingerprint density at radius 3 is 2.31 bits per heavy atom. The molecular weight excluding hydrogens is 566 g/mol. The number of benzene rings is 3. The summed E-state index contributed by atoms with van der Waals surface area (Å²) in [5.74, 6) is 1.08. The van der Waals surface area contributed by atoms with Crippen molar-refractivity contribution in [2.75, 3.05) is 27.9 Å². The molecule has 9 heteroatoms. The van der Waals surface area contributed by atoms with E-state index in [1.165, 1.54) is 4.57 Å². The van der Waals surface area contributed by atoms with Crippen LogP contribution in [0.15, 0.2) is 74.3 Å². The van der Waals surface area contributed by atoms with Crippen LogP contribution < -0.4 is 19.8 Å². The van der Waals surface area contributed by atoms with Gasteiger partial charge >= 0.3 is 5.97 Å². The lowest BCUT2D eigenvalue weighted by molar-refractivity contribution is 0.0524. The molecule has 0 aliphatic carbocycles. The second-order valence-corrected chi connectivity index (χ2v) is 9.60. The number of carbonyl (C=O) groups is 1. The molecule has 0 bridgehead atoms. The second-order valence-electron chi connectivity index (χ2n) is 8.69. The molecule has 2 heterocycles. The Labute approximate surface area is 232 Å². The molecule has 0 saturated heterocycles. The third-order valence-corrected chi connectivity index (χ3v) is 7.00. The van der Waals surface area contributed by atoms with Gasteiger partial charge < -0.3 is 23.4 Å². The first kappa shape index (κ1) is 26.4. The van der Waals surface area contributed by atoms with Crippen molar-refractivity contribution in [1.82, 2.24) is 4.57 Å². The number of furan rings is 1. The molecule has 0 aliphatic heterocycles. The van der Waals surface area contributed by atoms with Gasteiger partial charge in [-0.05, 0) is 61.0 Å². The van der Waals surface area contributed by atoms with Crippen LogP contribution in [0.4, 0.5) is 0 Å². The van der Waals surface area contributed by atoms with Gasteiger partial charge in [0, 0.05) is 21.0 Å². The molecule has 8 nitrogen and oxygen atoms in total. The highest BCUT2D eigenvalue weighted by molar-refractivity contribution is 9.10. The third-order valence-electron chi connectivity index (χ3n) is 6.50.